The van der Waals surface area contributed by atoms with Crippen LogP contribution in [0, 0.1) is 6.92 Å². The lowest BCUT2D eigenvalue weighted by atomic mass is 9.89. The standard InChI is InChI=1S/C19H22N4O3/c1-13-20-17(26-22-13)10-19(25)7-4-8-23(12-19)11-15-9-14-5-2-3-6-16(14)21-18(15)24/h2-3,5-6,9,25H,4,7-8,10-12H2,1H3,(H,21,24). The Morgan fingerprint density at radius 3 is 3.04 bits per heavy atom. The van der Waals surface area contributed by atoms with Gasteiger partial charge in [-0.25, -0.2) is 0 Å². The number of pyridine rings is 1. The van der Waals surface area contributed by atoms with Gasteiger partial charge in [0.1, 0.15) is 0 Å². The number of β-amino-alcohol motifs (C(OH)–C–C–N with tert-alkyl or cyclic N) is 1. The van der Waals surface area contributed by atoms with Crippen LogP contribution in [0.1, 0.15) is 30.1 Å². The van der Waals surface area contributed by atoms with E-state index < -0.39 is 5.60 Å². The Hall–Kier alpha value is -2.51. The molecule has 3 heterocycles. The van der Waals surface area contributed by atoms with Gasteiger partial charge >= 0.3 is 0 Å². The number of nitrogens with one attached hydrogen (secondary N) is 1. The molecule has 4 rings (SSSR count). The first-order chi connectivity index (χ1) is 12.5. The number of fused-ring (bicyclic) bond motifs is 1. The van der Waals surface area contributed by atoms with E-state index in [0.717, 1.165) is 23.9 Å². The molecule has 26 heavy (non-hydrogen) atoms. The molecule has 0 spiro atoms. The van der Waals surface area contributed by atoms with Crippen LogP contribution < -0.4 is 5.56 Å². The number of aliphatic hydroxyl groups is 1. The first kappa shape index (κ1) is 16.9. The van der Waals surface area contributed by atoms with Crippen LogP contribution in [-0.2, 0) is 13.0 Å². The van der Waals surface area contributed by atoms with E-state index >= 15 is 0 Å². The third kappa shape index (κ3) is 3.54. The van der Waals surface area contributed by atoms with E-state index in [9.17, 15) is 9.90 Å². The Balaban J connectivity index is 1.51. The predicted molar refractivity (Wildman–Crippen MR) is 96.8 cm³/mol. The lowest BCUT2D eigenvalue weighted by molar-refractivity contribution is -0.0374. The molecule has 2 N–H and O–H groups in total. The lowest BCUT2D eigenvalue weighted by Gasteiger charge is -2.38. The fourth-order valence-corrected chi connectivity index (χ4v) is 3.73. The van der Waals surface area contributed by atoms with E-state index in [4.69, 9.17) is 4.52 Å². The zero-order chi connectivity index (χ0) is 18.1. The molecule has 0 bridgehead atoms. The predicted octanol–water partition coefficient (Wildman–Crippen LogP) is 1.79. The molecule has 136 valence electrons. The van der Waals surface area contributed by atoms with Crippen molar-refractivity contribution in [3.8, 4) is 0 Å². The largest absolute Gasteiger partial charge is 0.388 e. The number of piperidine rings is 1. The second kappa shape index (κ2) is 6.66. The molecule has 1 saturated heterocycles. The number of aryl methyl sites for hydroxylation is 1. The Morgan fingerprint density at radius 2 is 2.23 bits per heavy atom. The summed E-state index contributed by atoms with van der Waals surface area (Å²) in [6, 6.07) is 9.67. The highest BCUT2D eigenvalue weighted by atomic mass is 16.5. The molecule has 7 heteroatoms. The number of likely N-dealkylation sites (tertiary alicyclic amines) is 1. The van der Waals surface area contributed by atoms with Gasteiger partial charge in [0, 0.05) is 24.2 Å². The van der Waals surface area contributed by atoms with Crippen LogP contribution in [0.25, 0.3) is 10.9 Å². The smallest absolute Gasteiger partial charge is 0.252 e. The lowest BCUT2D eigenvalue weighted by Crippen LogP contribution is -2.49. The summed E-state index contributed by atoms with van der Waals surface area (Å²) in [6.07, 6.45) is 1.87. The maximum atomic E-state index is 12.4. The number of rotatable bonds is 4. The topological polar surface area (TPSA) is 95.3 Å². The highest BCUT2D eigenvalue weighted by Crippen LogP contribution is 2.26. The third-order valence-electron chi connectivity index (χ3n) is 4.91. The zero-order valence-electron chi connectivity index (χ0n) is 14.7. The molecule has 1 aliphatic heterocycles. The second-order valence-electron chi connectivity index (χ2n) is 7.16. The minimum atomic E-state index is -0.916. The van der Waals surface area contributed by atoms with Gasteiger partial charge in [0.2, 0.25) is 5.89 Å². The molecule has 1 fully saturated rings. The molecule has 0 aliphatic carbocycles. The van der Waals surface area contributed by atoms with Crippen molar-refractivity contribution in [2.24, 2.45) is 0 Å². The van der Waals surface area contributed by atoms with E-state index in [1.54, 1.807) is 6.92 Å². The molecule has 1 unspecified atom stereocenters. The highest BCUT2D eigenvalue weighted by Gasteiger charge is 2.35. The van der Waals surface area contributed by atoms with E-state index in [0.29, 0.717) is 43.2 Å². The van der Waals surface area contributed by atoms with E-state index in [1.165, 1.54) is 0 Å². The van der Waals surface area contributed by atoms with Crippen LogP contribution in [0.3, 0.4) is 0 Å². The first-order valence-corrected chi connectivity index (χ1v) is 8.86. The SMILES string of the molecule is Cc1noc(CC2(O)CCCN(Cc3cc4ccccc4[nH]c3=O)C2)n1. The number of hydrogen-bond donors (Lipinski definition) is 2. The number of hydrogen-bond acceptors (Lipinski definition) is 6. The van der Waals surface area contributed by atoms with Gasteiger partial charge in [0.05, 0.1) is 12.0 Å². The molecule has 1 atom stereocenters. The number of H-pyrrole nitrogens is 1. The van der Waals surface area contributed by atoms with Gasteiger partial charge in [-0.05, 0) is 43.8 Å². The van der Waals surface area contributed by atoms with Gasteiger partial charge in [-0.15, -0.1) is 0 Å². The molecular weight excluding hydrogens is 332 g/mol. The Morgan fingerprint density at radius 1 is 1.38 bits per heavy atom. The van der Waals surface area contributed by atoms with Crippen LogP contribution in [0.5, 0.6) is 0 Å². The maximum absolute atomic E-state index is 12.4. The summed E-state index contributed by atoms with van der Waals surface area (Å²) in [5.41, 5.74) is 0.552. The molecular formula is C19H22N4O3. The zero-order valence-corrected chi connectivity index (χ0v) is 14.7. The van der Waals surface area contributed by atoms with Crippen molar-refractivity contribution < 1.29 is 9.63 Å². The third-order valence-corrected chi connectivity index (χ3v) is 4.91. The summed E-state index contributed by atoms with van der Waals surface area (Å²) in [6.45, 7) is 3.58. The van der Waals surface area contributed by atoms with Crippen molar-refractivity contribution in [3.05, 3.63) is 58.0 Å². The fraction of sp³-hybridized carbons (Fsp3) is 0.421. The number of aromatic amines is 1. The van der Waals surface area contributed by atoms with Crippen LogP contribution in [0.2, 0.25) is 0 Å². The molecule has 1 aliphatic rings. The van der Waals surface area contributed by atoms with E-state index in [2.05, 4.69) is 20.0 Å². The summed E-state index contributed by atoms with van der Waals surface area (Å²) >= 11 is 0. The van der Waals surface area contributed by atoms with Gasteiger partial charge < -0.3 is 14.6 Å². The summed E-state index contributed by atoms with van der Waals surface area (Å²) in [5.74, 6) is 1.02. The monoisotopic (exact) mass is 354 g/mol. The average Bonchev–Trinajstić information content (AvgIpc) is 3.00. The molecule has 0 radical (unpaired) electrons. The van der Waals surface area contributed by atoms with Crippen LogP contribution >= 0.6 is 0 Å². The van der Waals surface area contributed by atoms with E-state index in [-0.39, 0.29) is 5.56 Å². The van der Waals surface area contributed by atoms with E-state index in [1.807, 2.05) is 30.3 Å². The molecule has 2 aromatic heterocycles. The van der Waals surface area contributed by atoms with Gasteiger partial charge in [0.25, 0.3) is 5.56 Å². The van der Waals surface area contributed by atoms with Crippen molar-refractivity contribution in [1.29, 1.82) is 0 Å². The molecule has 3 aromatic rings. The quantitative estimate of drug-likeness (QED) is 0.742. The van der Waals surface area contributed by atoms with Crippen molar-refractivity contribution in [1.82, 2.24) is 20.0 Å². The molecule has 0 saturated carbocycles. The van der Waals surface area contributed by atoms with Crippen molar-refractivity contribution in [3.63, 3.8) is 0 Å². The Labute approximate surface area is 150 Å². The van der Waals surface area contributed by atoms with Crippen molar-refractivity contribution in [2.45, 2.75) is 38.3 Å². The summed E-state index contributed by atoms with van der Waals surface area (Å²) < 4.78 is 5.16. The average molecular weight is 354 g/mol. The van der Waals surface area contributed by atoms with Gasteiger partial charge in [-0.1, -0.05) is 23.4 Å². The number of benzene rings is 1. The first-order valence-electron chi connectivity index (χ1n) is 8.86. The molecule has 7 nitrogen and oxygen atoms in total. The summed E-state index contributed by atoms with van der Waals surface area (Å²) in [7, 11) is 0. The van der Waals surface area contributed by atoms with Gasteiger partial charge in [-0.2, -0.15) is 4.98 Å². The number of para-hydroxylation sites is 1. The maximum Gasteiger partial charge on any atom is 0.252 e. The molecule has 0 amide bonds. The van der Waals surface area contributed by atoms with Gasteiger partial charge in [0.15, 0.2) is 5.82 Å². The highest BCUT2D eigenvalue weighted by molar-refractivity contribution is 5.78. The molecule has 1 aromatic carbocycles. The summed E-state index contributed by atoms with van der Waals surface area (Å²) in [4.78, 5) is 21.6. The van der Waals surface area contributed by atoms with Crippen molar-refractivity contribution in [2.75, 3.05) is 13.1 Å². The Bertz CT molecular complexity index is 980. The second-order valence-corrected chi connectivity index (χ2v) is 7.16. The summed E-state index contributed by atoms with van der Waals surface area (Å²) in [5, 5.41) is 15.8. The fourth-order valence-electron chi connectivity index (χ4n) is 3.73. The van der Waals surface area contributed by atoms with Gasteiger partial charge in [-0.3, -0.25) is 9.69 Å². The normalized spacial score (nSPS) is 21.3. The number of aromatic nitrogens is 3. The Kier molecular flexibility index (Phi) is 4.34. The minimum Gasteiger partial charge on any atom is -0.388 e. The van der Waals surface area contributed by atoms with Crippen LogP contribution in [0.15, 0.2) is 39.6 Å². The van der Waals surface area contributed by atoms with Crippen molar-refractivity contribution >= 4 is 10.9 Å². The van der Waals surface area contributed by atoms with Crippen LogP contribution in [0.4, 0.5) is 0 Å². The number of nitrogens with zero attached hydrogens (tertiary/aromatic N) is 3. The van der Waals surface area contributed by atoms with Crippen LogP contribution in [-0.4, -0.2) is 43.8 Å². The minimum absolute atomic E-state index is 0.0784.